The molecule has 0 heterocycles. The summed E-state index contributed by atoms with van der Waals surface area (Å²) in [6, 6.07) is 13.1. The lowest BCUT2D eigenvalue weighted by Crippen LogP contribution is -2.39. The van der Waals surface area contributed by atoms with Gasteiger partial charge in [0.25, 0.3) is 0 Å². The van der Waals surface area contributed by atoms with Crippen molar-refractivity contribution in [3.05, 3.63) is 59.7 Å². The number of carboxylic acid groups (broad SMARTS) is 1. The summed E-state index contributed by atoms with van der Waals surface area (Å²) < 4.78 is 0. The van der Waals surface area contributed by atoms with Gasteiger partial charge in [-0.1, -0.05) is 36.4 Å². The molecule has 0 unspecified atom stereocenters. The predicted molar refractivity (Wildman–Crippen MR) is 83.0 cm³/mol. The summed E-state index contributed by atoms with van der Waals surface area (Å²) in [6.07, 6.45) is 0.877. The van der Waals surface area contributed by atoms with E-state index >= 15 is 0 Å². The molecule has 0 saturated carbocycles. The molecule has 1 atom stereocenters. The van der Waals surface area contributed by atoms with Crippen LogP contribution in [0.15, 0.2) is 48.5 Å². The van der Waals surface area contributed by atoms with E-state index in [-0.39, 0.29) is 11.5 Å². The van der Waals surface area contributed by atoms with Crippen molar-refractivity contribution in [1.82, 2.24) is 5.32 Å². The standard InChI is InChI=1S/C17H19NO4/c19-14-7-6-13(16(20)11-14)8-9-18-15(17(21)22)10-12-4-2-1-3-5-12/h1-7,11,15,18-20H,8-10H2,(H,21,22)/t15-/m0/s1. The van der Waals surface area contributed by atoms with Crippen molar-refractivity contribution in [2.75, 3.05) is 6.54 Å². The fourth-order valence-corrected chi connectivity index (χ4v) is 2.24. The number of rotatable bonds is 7. The molecule has 5 heteroatoms. The van der Waals surface area contributed by atoms with Crippen LogP contribution in [0, 0.1) is 0 Å². The van der Waals surface area contributed by atoms with Crippen LogP contribution in [0.3, 0.4) is 0 Å². The van der Waals surface area contributed by atoms with Crippen molar-refractivity contribution in [3.63, 3.8) is 0 Å². The van der Waals surface area contributed by atoms with Gasteiger partial charge < -0.3 is 20.6 Å². The zero-order valence-electron chi connectivity index (χ0n) is 12.1. The summed E-state index contributed by atoms with van der Waals surface area (Å²) in [5.41, 5.74) is 1.61. The van der Waals surface area contributed by atoms with Crippen molar-refractivity contribution in [3.8, 4) is 11.5 Å². The smallest absolute Gasteiger partial charge is 0.321 e. The topological polar surface area (TPSA) is 89.8 Å². The Hall–Kier alpha value is -2.53. The van der Waals surface area contributed by atoms with Crippen LogP contribution < -0.4 is 5.32 Å². The van der Waals surface area contributed by atoms with E-state index in [0.717, 1.165) is 5.56 Å². The van der Waals surface area contributed by atoms with Gasteiger partial charge in [-0.15, -0.1) is 0 Å². The van der Waals surface area contributed by atoms with Gasteiger partial charge in [0, 0.05) is 12.6 Å². The van der Waals surface area contributed by atoms with Crippen molar-refractivity contribution in [2.24, 2.45) is 0 Å². The number of phenols is 2. The van der Waals surface area contributed by atoms with Crippen LogP contribution in [0.4, 0.5) is 0 Å². The molecule has 116 valence electrons. The highest BCUT2D eigenvalue weighted by Gasteiger charge is 2.17. The Bertz CT molecular complexity index is 628. The summed E-state index contributed by atoms with van der Waals surface area (Å²) in [4.78, 5) is 11.3. The minimum atomic E-state index is -0.904. The molecule has 2 aromatic carbocycles. The molecule has 0 spiro atoms. The zero-order valence-corrected chi connectivity index (χ0v) is 12.1. The first kappa shape index (κ1) is 15.9. The number of hydrogen-bond donors (Lipinski definition) is 4. The third-order valence-corrected chi connectivity index (χ3v) is 3.43. The van der Waals surface area contributed by atoms with Gasteiger partial charge in [-0.2, -0.15) is 0 Å². The number of nitrogens with one attached hydrogen (secondary N) is 1. The van der Waals surface area contributed by atoms with Crippen LogP contribution in [0.1, 0.15) is 11.1 Å². The Balaban J connectivity index is 1.91. The number of phenolic OH excluding ortho intramolecular Hbond substituents is 2. The average Bonchev–Trinajstić information content (AvgIpc) is 2.49. The molecule has 22 heavy (non-hydrogen) atoms. The van der Waals surface area contributed by atoms with Gasteiger partial charge in [0.2, 0.25) is 0 Å². The molecular weight excluding hydrogens is 282 g/mol. The molecular formula is C17H19NO4. The second kappa shape index (κ2) is 7.47. The van der Waals surface area contributed by atoms with Crippen LogP contribution >= 0.6 is 0 Å². The van der Waals surface area contributed by atoms with Gasteiger partial charge in [0.1, 0.15) is 17.5 Å². The lowest BCUT2D eigenvalue weighted by Gasteiger charge is -2.15. The Morgan fingerprint density at radius 1 is 1.09 bits per heavy atom. The van der Waals surface area contributed by atoms with Crippen LogP contribution in [0.25, 0.3) is 0 Å². The minimum Gasteiger partial charge on any atom is -0.508 e. The predicted octanol–water partition coefficient (Wildman–Crippen LogP) is 1.93. The molecule has 0 bridgehead atoms. The molecule has 0 amide bonds. The van der Waals surface area contributed by atoms with E-state index in [0.29, 0.717) is 24.9 Å². The molecule has 0 aromatic heterocycles. The van der Waals surface area contributed by atoms with Gasteiger partial charge in [-0.3, -0.25) is 4.79 Å². The average molecular weight is 301 g/mol. The zero-order chi connectivity index (χ0) is 15.9. The van der Waals surface area contributed by atoms with E-state index in [1.807, 2.05) is 30.3 Å². The molecule has 2 rings (SSSR count). The Morgan fingerprint density at radius 3 is 2.45 bits per heavy atom. The lowest BCUT2D eigenvalue weighted by molar-refractivity contribution is -0.139. The summed E-state index contributed by atoms with van der Waals surface area (Å²) in [5.74, 6) is -0.891. The van der Waals surface area contributed by atoms with Crippen molar-refractivity contribution in [2.45, 2.75) is 18.9 Å². The summed E-state index contributed by atoms with van der Waals surface area (Å²) in [6.45, 7) is 0.419. The third kappa shape index (κ3) is 4.49. The number of carboxylic acids is 1. The lowest BCUT2D eigenvalue weighted by atomic mass is 10.1. The molecule has 0 aliphatic rings. The Kier molecular flexibility index (Phi) is 5.38. The van der Waals surface area contributed by atoms with E-state index in [9.17, 15) is 20.1 Å². The van der Waals surface area contributed by atoms with Crippen LogP contribution in [-0.2, 0) is 17.6 Å². The first-order valence-electron chi connectivity index (χ1n) is 7.07. The number of benzene rings is 2. The molecule has 5 nitrogen and oxygen atoms in total. The highest BCUT2D eigenvalue weighted by molar-refractivity contribution is 5.73. The number of aliphatic carboxylic acids is 1. The van der Waals surface area contributed by atoms with Crippen LogP contribution in [0.5, 0.6) is 11.5 Å². The van der Waals surface area contributed by atoms with E-state index in [2.05, 4.69) is 5.32 Å². The fraction of sp³-hybridized carbons (Fsp3) is 0.235. The van der Waals surface area contributed by atoms with Gasteiger partial charge in [-0.25, -0.2) is 0 Å². The fourth-order valence-electron chi connectivity index (χ4n) is 2.24. The van der Waals surface area contributed by atoms with E-state index in [1.54, 1.807) is 6.07 Å². The van der Waals surface area contributed by atoms with Gasteiger partial charge in [-0.05, 0) is 30.0 Å². The minimum absolute atomic E-state index is 0.00157. The Labute approximate surface area is 128 Å². The van der Waals surface area contributed by atoms with Crippen molar-refractivity contribution in [1.29, 1.82) is 0 Å². The van der Waals surface area contributed by atoms with E-state index in [1.165, 1.54) is 12.1 Å². The van der Waals surface area contributed by atoms with E-state index < -0.39 is 12.0 Å². The molecule has 0 aliphatic carbocycles. The van der Waals surface area contributed by atoms with Crippen LogP contribution in [-0.4, -0.2) is 33.9 Å². The number of aromatic hydroxyl groups is 2. The largest absolute Gasteiger partial charge is 0.508 e. The molecule has 0 radical (unpaired) electrons. The maximum absolute atomic E-state index is 11.3. The first-order chi connectivity index (χ1) is 10.6. The Morgan fingerprint density at radius 2 is 1.82 bits per heavy atom. The quantitative estimate of drug-likeness (QED) is 0.627. The van der Waals surface area contributed by atoms with Crippen molar-refractivity contribution >= 4 is 5.97 Å². The van der Waals surface area contributed by atoms with Crippen LogP contribution in [0.2, 0.25) is 0 Å². The summed E-state index contributed by atoms with van der Waals surface area (Å²) in [7, 11) is 0. The van der Waals surface area contributed by atoms with Crippen molar-refractivity contribution < 1.29 is 20.1 Å². The molecule has 4 N–H and O–H groups in total. The summed E-state index contributed by atoms with van der Waals surface area (Å²) in [5, 5.41) is 31.2. The summed E-state index contributed by atoms with van der Waals surface area (Å²) >= 11 is 0. The monoisotopic (exact) mass is 301 g/mol. The van der Waals surface area contributed by atoms with Gasteiger partial charge >= 0.3 is 5.97 Å². The molecule has 0 saturated heterocycles. The SMILES string of the molecule is O=C(O)[C@H](Cc1ccccc1)NCCc1ccc(O)cc1O. The third-order valence-electron chi connectivity index (χ3n) is 3.43. The second-order valence-corrected chi connectivity index (χ2v) is 5.10. The maximum atomic E-state index is 11.3. The number of carbonyl (C=O) groups is 1. The van der Waals surface area contributed by atoms with Gasteiger partial charge in [0.05, 0.1) is 0 Å². The van der Waals surface area contributed by atoms with E-state index in [4.69, 9.17) is 0 Å². The molecule has 0 aliphatic heterocycles. The van der Waals surface area contributed by atoms with Gasteiger partial charge in [0.15, 0.2) is 0 Å². The maximum Gasteiger partial charge on any atom is 0.321 e. The highest BCUT2D eigenvalue weighted by atomic mass is 16.4. The second-order valence-electron chi connectivity index (χ2n) is 5.10. The first-order valence-corrected chi connectivity index (χ1v) is 7.07. The molecule has 0 fully saturated rings. The normalized spacial score (nSPS) is 12.0. The molecule has 2 aromatic rings. The number of hydrogen-bond acceptors (Lipinski definition) is 4. The highest BCUT2D eigenvalue weighted by Crippen LogP contribution is 2.22.